The van der Waals surface area contributed by atoms with Crippen molar-refractivity contribution in [2.45, 2.75) is 12.1 Å². The number of fused-ring (bicyclic) bond motifs is 1. The molecule has 1 saturated heterocycles. The van der Waals surface area contributed by atoms with Crippen LogP contribution in [-0.2, 0) is 18.4 Å². The largest absolute Gasteiger partial charge is 0.497 e. The van der Waals surface area contributed by atoms with Crippen LogP contribution in [-0.4, -0.2) is 56.7 Å². The lowest BCUT2D eigenvalue weighted by Gasteiger charge is -2.26. The number of carbonyl (C=O) groups is 3. The molecule has 2 aliphatic heterocycles. The molecular weight excluding hydrogens is 436 g/mol. The first-order chi connectivity index (χ1) is 16.4. The summed E-state index contributed by atoms with van der Waals surface area (Å²) < 4.78 is 6.89. The van der Waals surface area contributed by atoms with E-state index in [0.29, 0.717) is 23.4 Å². The van der Waals surface area contributed by atoms with Gasteiger partial charge in [0.25, 0.3) is 11.8 Å². The number of benzene rings is 1. The van der Waals surface area contributed by atoms with Gasteiger partial charge >= 0.3 is 6.03 Å². The van der Waals surface area contributed by atoms with Gasteiger partial charge in [0, 0.05) is 54.4 Å². The summed E-state index contributed by atoms with van der Waals surface area (Å²) in [4.78, 5) is 43.6. The summed E-state index contributed by atoms with van der Waals surface area (Å²) in [5.74, 6) is 5.55. The molecular formula is C24H20N6O4. The SMILES string of the molecule is COc1ccc2c(c1)C(=O)N(C[C@@]1(C#Cc3cncc(-c4cnn(C)c4)c3)NC(=O)NC1=O)C2. The zero-order valence-corrected chi connectivity index (χ0v) is 18.5. The molecule has 170 valence electrons. The Hall–Kier alpha value is -4.65. The Morgan fingerprint density at radius 3 is 2.71 bits per heavy atom. The number of ether oxygens (including phenoxy) is 1. The van der Waals surface area contributed by atoms with Gasteiger partial charge in [0.1, 0.15) is 5.75 Å². The van der Waals surface area contributed by atoms with Crippen molar-refractivity contribution in [3.05, 3.63) is 65.7 Å². The summed E-state index contributed by atoms with van der Waals surface area (Å²) in [6.45, 7) is 0.186. The molecule has 1 fully saturated rings. The van der Waals surface area contributed by atoms with E-state index in [1.165, 1.54) is 12.0 Å². The topological polar surface area (TPSA) is 118 Å². The Morgan fingerprint density at radius 2 is 2.00 bits per heavy atom. The molecule has 1 aromatic carbocycles. The molecule has 0 unspecified atom stereocenters. The van der Waals surface area contributed by atoms with Gasteiger partial charge in [-0.3, -0.25) is 24.6 Å². The smallest absolute Gasteiger partial charge is 0.323 e. The highest BCUT2D eigenvalue weighted by molar-refractivity contribution is 6.10. The summed E-state index contributed by atoms with van der Waals surface area (Å²) in [5, 5.41) is 9.00. The van der Waals surface area contributed by atoms with Crippen LogP contribution in [0.15, 0.2) is 49.1 Å². The molecule has 0 spiro atoms. The van der Waals surface area contributed by atoms with E-state index in [2.05, 4.69) is 32.6 Å². The molecule has 2 N–H and O–H groups in total. The number of carbonyl (C=O) groups excluding carboxylic acids is 3. The lowest BCUT2D eigenvalue weighted by atomic mass is 9.99. The van der Waals surface area contributed by atoms with Gasteiger partial charge in [0.05, 0.1) is 19.9 Å². The molecule has 3 aromatic rings. The van der Waals surface area contributed by atoms with E-state index in [9.17, 15) is 14.4 Å². The Morgan fingerprint density at radius 1 is 1.15 bits per heavy atom. The number of nitrogens with one attached hydrogen (secondary N) is 2. The Kier molecular flexibility index (Phi) is 5.02. The molecule has 5 rings (SSSR count). The summed E-state index contributed by atoms with van der Waals surface area (Å²) in [5.41, 5.74) is 1.95. The van der Waals surface area contributed by atoms with Gasteiger partial charge in [0.15, 0.2) is 0 Å². The fourth-order valence-corrected chi connectivity index (χ4v) is 4.03. The van der Waals surface area contributed by atoms with Gasteiger partial charge < -0.3 is 15.0 Å². The number of amides is 4. The van der Waals surface area contributed by atoms with Crippen LogP contribution in [0.2, 0.25) is 0 Å². The second kappa shape index (κ2) is 8.04. The lowest BCUT2D eigenvalue weighted by Crippen LogP contribution is -2.54. The predicted molar refractivity (Wildman–Crippen MR) is 120 cm³/mol. The normalized spacial score (nSPS) is 18.8. The van der Waals surface area contributed by atoms with E-state index in [1.54, 1.807) is 35.4 Å². The van der Waals surface area contributed by atoms with Gasteiger partial charge in [-0.2, -0.15) is 5.10 Å². The number of urea groups is 1. The van der Waals surface area contributed by atoms with E-state index >= 15 is 0 Å². The van der Waals surface area contributed by atoms with Crippen molar-refractivity contribution < 1.29 is 19.1 Å². The summed E-state index contributed by atoms with van der Waals surface area (Å²) in [6, 6.07) is 6.42. The Labute approximate surface area is 194 Å². The maximum absolute atomic E-state index is 13.0. The molecule has 1 atom stereocenters. The third-order valence-corrected chi connectivity index (χ3v) is 5.76. The quantitative estimate of drug-likeness (QED) is 0.448. The fraction of sp³-hybridized carbons (Fsp3) is 0.208. The maximum atomic E-state index is 13.0. The highest BCUT2D eigenvalue weighted by Gasteiger charge is 2.48. The zero-order chi connectivity index (χ0) is 23.9. The lowest BCUT2D eigenvalue weighted by molar-refractivity contribution is -0.122. The van der Waals surface area contributed by atoms with Gasteiger partial charge in [-0.25, -0.2) is 4.79 Å². The number of rotatable bonds is 4. The zero-order valence-electron chi connectivity index (χ0n) is 18.5. The van der Waals surface area contributed by atoms with Crippen LogP contribution in [0.1, 0.15) is 21.5 Å². The second-order valence-electron chi connectivity index (χ2n) is 8.11. The molecule has 4 heterocycles. The molecule has 0 bridgehead atoms. The third kappa shape index (κ3) is 3.73. The number of methoxy groups -OCH3 is 1. The van der Waals surface area contributed by atoms with Crippen LogP contribution < -0.4 is 15.4 Å². The van der Waals surface area contributed by atoms with Crippen LogP contribution in [0.5, 0.6) is 5.75 Å². The standard InChI is InChI=1S/C24H20N6O4/c1-29-12-18(11-26-29)17-7-15(9-25-10-17)5-6-24(22(32)27-23(33)28-24)14-30-13-16-3-4-19(34-2)8-20(16)21(30)31/h3-4,7-12H,13-14H2,1-2H3,(H2,27,28,32,33)/t24-/m1/s1. The van der Waals surface area contributed by atoms with Crippen LogP contribution in [0.3, 0.4) is 0 Å². The molecule has 2 aromatic heterocycles. The van der Waals surface area contributed by atoms with Crippen molar-refractivity contribution in [2.75, 3.05) is 13.7 Å². The van der Waals surface area contributed by atoms with Crippen molar-refractivity contribution in [1.29, 1.82) is 0 Å². The summed E-state index contributed by atoms with van der Waals surface area (Å²) in [6.07, 6.45) is 6.83. The first-order valence-electron chi connectivity index (χ1n) is 10.4. The van der Waals surface area contributed by atoms with Crippen molar-refractivity contribution in [1.82, 2.24) is 30.3 Å². The monoisotopic (exact) mass is 456 g/mol. The van der Waals surface area contributed by atoms with Crippen molar-refractivity contribution in [2.24, 2.45) is 7.05 Å². The van der Waals surface area contributed by atoms with E-state index in [4.69, 9.17) is 4.74 Å². The molecule has 10 nitrogen and oxygen atoms in total. The van der Waals surface area contributed by atoms with E-state index in [0.717, 1.165) is 16.7 Å². The van der Waals surface area contributed by atoms with Gasteiger partial charge in [-0.15, -0.1) is 0 Å². The fourth-order valence-electron chi connectivity index (χ4n) is 4.03. The minimum atomic E-state index is -1.59. The molecule has 10 heteroatoms. The minimum absolute atomic E-state index is 0.108. The molecule has 0 radical (unpaired) electrons. The van der Waals surface area contributed by atoms with Crippen LogP contribution in [0.4, 0.5) is 4.79 Å². The average molecular weight is 456 g/mol. The number of nitrogens with zero attached hydrogens (tertiary/aromatic N) is 4. The number of aromatic nitrogens is 3. The molecule has 2 aliphatic rings. The molecule has 4 amide bonds. The molecule has 0 aliphatic carbocycles. The highest BCUT2D eigenvalue weighted by Crippen LogP contribution is 2.28. The highest BCUT2D eigenvalue weighted by atomic mass is 16.5. The molecule has 0 saturated carbocycles. The van der Waals surface area contributed by atoms with Crippen molar-refractivity contribution >= 4 is 17.8 Å². The molecule has 34 heavy (non-hydrogen) atoms. The van der Waals surface area contributed by atoms with E-state index in [1.807, 2.05) is 25.4 Å². The number of hydrogen-bond acceptors (Lipinski definition) is 6. The van der Waals surface area contributed by atoms with Gasteiger partial charge in [-0.05, 0) is 23.8 Å². The van der Waals surface area contributed by atoms with Crippen molar-refractivity contribution in [3.8, 4) is 28.7 Å². The summed E-state index contributed by atoms with van der Waals surface area (Å²) in [7, 11) is 3.35. The third-order valence-electron chi connectivity index (χ3n) is 5.76. The van der Waals surface area contributed by atoms with Crippen molar-refractivity contribution in [3.63, 3.8) is 0 Å². The van der Waals surface area contributed by atoms with E-state index < -0.39 is 17.5 Å². The Bertz CT molecular complexity index is 1400. The number of hydrogen-bond donors (Lipinski definition) is 2. The second-order valence-corrected chi connectivity index (χ2v) is 8.11. The van der Waals surface area contributed by atoms with Gasteiger partial charge in [-0.1, -0.05) is 17.9 Å². The van der Waals surface area contributed by atoms with Crippen LogP contribution >= 0.6 is 0 Å². The summed E-state index contributed by atoms with van der Waals surface area (Å²) >= 11 is 0. The minimum Gasteiger partial charge on any atom is -0.497 e. The predicted octanol–water partition coefficient (Wildman–Crippen LogP) is 1.08. The number of imide groups is 1. The first kappa shape index (κ1) is 21.2. The number of aryl methyl sites for hydroxylation is 1. The Balaban J connectivity index is 1.45. The maximum Gasteiger partial charge on any atom is 0.323 e. The average Bonchev–Trinajstić information content (AvgIpc) is 3.48. The van der Waals surface area contributed by atoms with Crippen LogP contribution in [0.25, 0.3) is 11.1 Å². The van der Waals surface area contributed by atoms with E-state index in [-0.39, 0.29) is 12.5 Å². The van der Waals surface area contributed by atoms with Crippen LogP contribution in [0, 0.1) is 11.8 Å². The van der Waals surface area contributed by atoms with Gasteiger partial charge in [0.2, 0.25) is 5.54 Å². The number of pyridine rings is 1. The first-order valence-corrected chi connectivity index (χ1v) is 10.4.